The molecule has 2 N–H and O–H groups in total. The molecule has 0 unspecified atom stereocenters. The van der Waals surface area contributed by atoms with Crippen molar-refractivity contribution in [2.45, 2.75) is 6.42 Å². The molecule has 2 aromatic rings. The number of nitriles is 1. The van der Waals surface area contributed by atoms with Crippen LogP contribution in [0.2, 0.25) is 0 Å². The van der Waals surface area contributed by atoms with Gasteiger partial charge in [-0.25, -0.2) is 4.39 Å². The predicted octanol–water partition coefficient (Wildman–Crippen LogP) is 2.90. The Morgan fingerprint density at radius 1 is 1.16 bits per heavy atom. The fourth-order valence-electron chi connectivity index (χ4n) is 1.65. The summed E-state index contributed by atoms with van der Waals surface area (Å²) < 4.78 is 18.9. The van der Waals surface area contributed by atoms with Gasteiger partial charge in [-0.15, -0.1) is 0 Å². The topological polar surface area (TPSA) is 59.0 Å². The first-order valence-corrected chi connectivity index (χ1v) is 5.86. The van der Waals surface area contributed by atoms with Crippen LogP contribution in [-0.2, 0) is 6.42 Å². The van der Waals surface area contributed by atoms with E-state index in [1.165, 1.54) is 18.2 Å². The lowest BCUT2D eigenvalue weighted by Gasteiger charge is -2.07. The number of nitrogens with zero attached hydrogens (tertiary/aromatic N) is 1. The Kier molecular flexibility index (Phi) is 3.99. The number of anilines is 1. The second-order valence-electron chi connectivity index (χ2n) is 4.10. The quantitative estimate of drug-likeness (QED) is 0.856. The molecule has 19 heavy (non-hydrogen) atoms. The highest BCUT2D eigenvalue weighted by Crippen LogP contribution is 2.18. The number of rotatable bonds is 4. The highest BCUT2D eigenvalue weighted by atomic mass is 19.1. The van der Waals surface area contributed by atoms with E-state index >= 15 is 0 Å². The molecule has 0 aliphatic rings. The van der Waals surface area contributed by atoms with Crippen LogP contribution in [0.1, 0.15) is 11.1 Å². The number of benzene rings is 2. The highest BCUT2D eigenvalue weighted by molar-refractivity contribution is 5.39. The third kappa shape index (κ3) is 3.46. The van der Waals surface area contributed by atoms with E-state index in [2.05, 4.69) is 0 Å². The Morgan fingerprint density at radius 3 is 2.53 bits per heavy atom. The maximum atomic E-state index is 13.5. The molecule has 0 aliphatic heterocycles. The van der Waals surface area contributed by atoms with Gasteiger partial charge in [0.2, 0.25) is 0 Å². The molecule has 0 saturated heterocycles. The van der Waals surface area contributed by atoms with Crippen molar-refractivity contribution >= 4 is 5.69 Å². The van der Waals surface area contributed by atoms with Crippen molar-refractivity contribution < 1.29 is 9.13 Å². The van der Waals surface area contributed by atoms with Gasteiger partial charge in [-0.2, -0.15) is 5.26 Å². The first-order valence-electron chi connectivity index (χ1n) is 5.86. The smallest absolute Gasteiger partial charge is 0.166 e. The number of nitrogen functional groups attached to an aromatic ring is 1. The Hall–Kier alpha value is -2.54. The molecule has 0 bridgehead atoms. The molecule has 0 aromatic heterocycles. The van der Waals surface area contributed by atoms with Gasteiger partial charge in [-0.1, -0.05) is 12.1 Å². The van der Waals surface area contributed by atoms with Crippen LogP contribution in [0, 0.1) is 17.1 Å². The average molecular weight is 256 g/mol. The maximum absolute atomic E-state index is 13.5. The Balaban J connectivity index is 1.92. The van der Waals surface area contributed by atoms with Crippen LogP contribution in [0.3, 0.4) is 0 Å². The minimum atomic E-state index is -0.517. The summed E-state index contributed by atoms with van der Waals surface area (Å²) in [6.45, 7) is 0.368. The summed E-state index contributed by atoms with van der Waals surface area (Å²) in [6, 6.07) is 13.5. The van der Waals surface area contributed by atoms with Gasteiger partial charge in [0, 0.05) is 12.1 Å². The van der Waals surface area contributed by atoms with Crippen molar-refractivity contribution in [1.82, 2.24) is 0 Å². The van der Waals surface area contributed by atoms with E-state index in [1.807, 2.05) is 30.3 Å². The number of hydrogen-bond acceptors (Lipinski definition) is 3. The normalized spacial score (nSPS) is 9.89. The van der Waals surface area contributed by atoms with Gasteiger partial charge in [0.25, 0.3) is 0 Å². The SMILES string of the molecule is N#Cc1ccc(OCCc2ccc(N)cc2)c(F)c1. The summed E-state index contributed by atoms with van der Waals surface area (Å²) >= 11 is 0. The number of nitrogens with two attached hydrogens (primary N) is 1. The van der Waals surface area contributed by atoms with Crippen LogP contribution < -0.4 is 10.5 Å². The van der Waals surface area contributed by atoms with E-state index in [9.17, 15) is 4.39 Å². The van der Waals surface area contributed by atoms with E-state index in [0.29, 0.717) is 18.7 Å². The summed E-state index contributed by atoms with van der Waals surface area (Å²) in [4.78, 5) is 0. The van der Waals surface area contributed by atoms with E-state index < -0.39 is 5.82 Å². The zero-order valence-corrected chi connectivity index (χ0v) is 10.3. The molecule has 0 amide bonds. The van der Waals surface area contributed by atoms with Crippen LogP contribution >= 0.6 is 0 Å². The van der Waals surface area contributed by atoms with E-state index in [0.717, 1.165) is 5.56 Å². The molecule has 0 fully saturated rings. The van der Waals surface area contributed by atoms with Gasteiger partial charge in [-0.05, 0) is 35.9 Å². The molecule has 0 heterocycles. The highest BCUT2D eigenvalue weighted by Gasteiger charge is 2.04. The number of halogens is 1. The van der Waals surface area contributed by atoms with Crippen molar-refractivity contribution in [1.29, 1.82) is 5.26 Å². The van der Waals surface area contributed by atoms with Gasteiger partial charge in [0.1, 0.15) is 0 Å². The lowest BCUT2D eigenvalue weighted by atomic mass is 10.1. The minimum Gasteiger partial charge on any atom is -0.490 e. The van der Waals surface area contributed by atoms with E-state index in [1.54, 1.807) is 0 Å². The molecular weight excluding hydrogens is 243 g/mol. The summed E-state index contributed by atoms with van der Waals surface area (Å²) in [5, 5.41) is 8.63. The molecule has 0 aliphatic carbocycles. The third-order valence-corrected chi connectivity index (χ3v) is 2.69. The summed E-state index contributed by atoms with van der Waals surface area (Å²) in [7, 11) is 0. The van der Waals surface area contributed by atoms with E-state index in [4.69, 9.17) is 15.7 Å². The lowest BCUT2D eigenvalue weighted by molar-refractivity contribution is 0.305. The first-order chi connectivity index (χ1) is 9.19. The van der Waals surface area contributed by atoms with Crippen molar-refractivity contribution in [3.63, 3.8) is 0 Å². The molecule has 3 nitrogen and oxygen atoms in total. The minimum absolute atomic E-state index is 0.162. The second-order valence-corrected chi connectivity index (χ2v) is 4.10. The van der Waals surface area contributed by atoms with Gasteiger partial charge < -0.3 is 10.5 Å². The molecule has 0 atom stereocenters. The molecule has 96 valence electrons. The summed E-state index contributed by atoms with van der Waals surface area (Å²) in [6.07, 6.45) is 0.666. The number of ether oxygens (including phenoxy) is 1. The summed E-state index contributed by atoms with van der Waals surface area (Å²) in [5.41, 5.74) is 7.65. The summed E-state index contributed by atoms with van der Waals surface area (Å²) in [5.74, 6) is -0.356. The third-order valence-electron chi connectivity index (χ3n) is 2.69. The zero-order chi connectivity index (χ0) is 13.7. The fourth-order valence-corrected chi connectivity index (χ4v) is 1.65. The Labute approximate surface area is 111 Å². The van der Waals surface area contributed by atoms with Crippen molar-refractivity contribution in [2.24, 2.45) is 0 Å². The van der Waals surface area contributed by atoms with Crippen molar-refractivity contribution in [3.05, 3.63) is 59.4 Å². The van der Waals surface area contributed by atoms with Gasteiger partial charge in [-0.3, -0.25) is 0 Å². The Morgan fingerprint density at radius 2 is 1.89 bits per heavy atom. The Bertz CT molecular complexity index is 603. The second kappa shape index (κ2) is 5.87. The lowest BCUT2D eigenvalue weighted by Crippen LogP contribution is -2.03. The van der Waals surface area contributed by atoms with Crippen LogP contribution in [0.15, 0.2) is 42.5 Å². The van der Waals surface area contributed by atoms with E-state index in [-0.39, 0.29) is 11.3 Å². The van der Waals surface area contributed by atoms with Gasteiger partial charge in [0.15, 0.2) is 11.6 Å². The standard InChI is InChI=1S/C15H13FN2O/c16-14-9-12(10-17)3-6-15(14)19-8-7-11-1-4-13(18)5-2-11/h1-6,9H,7-8,18H2. The van der Waals surface area contributed by atoms with Gasteiger partial charge >= 0.3 is 0 Å². The zero-order valence-electron chi connectivity index (χ0n) is 10.3. The molecule has 0 radical (unpaired) electrons. The predicted molar refractivity (Wildman–Crippen MR) is 71.2 cm³/mol. The molecule has 0 spiro atoms. The van der Waals surface area contributed by atoms with Crippen LogP contribution in [0.4, 0.5) is 10.1 Å². The van der Waals surface area contributed by atoms with Crippen molar-refractivity contribution in [3.8, 4) is 11.8 Å². The van der Waals surface area contributed by atoms with Crippen LogP contribution in [0.5, 0.6) is 5.75 Å². The molecule has 0 saturated carbocycles. The van der Waals surface area contributed by atoms with Gasteiger partial charge in [0.05, 0.1) is 18.2 Å². The van der Waals surface area contributed by atoms with Crippen molar-refractivity contribution in [2.75, 3.05) is 12.3 Å². The monoisotopic (exact) mass is 256 g/mol. The first kappa shape index (κ1) is 12.9. The number of hydrogen-bond donors (Lipinski definition) is 1. The van der Waals surface area contributed by atoms with Crippen LogP contribution in [0.25, 0.3) is 0 Å². The molecule has 2 aromatic carbocycles. The molecule has 2 rings (SSSR count). The molecule has 4 heteroatoms. The fraction of sp³-hybridized carbons (Fsp3) is 0.133. The van der Waals surface area contributed by atoms with Crippen LogP contribution in [-0.4, -0.2) is 6.61 Å². The maximum Gasteiger partial charge on any atom is 0.166 e. The average Bonchev–Trinajstić information content (AvgIpc) is 2.42. The largest absolute Gasteiger partial charge is 0.490 e. The molecular formula is C15H13FN2O.